The maximum atomic E-state index is 15.5. The number of piperazine rings is 1. The summed E-state index contributed by atoms with van der Waals surface area (Å²) in [7, 11) is 0. The van der Waals surface area contributed by atoms with E-state index in [1.807, 2.05) is 48.9 Å². The van der Waals surface area contributed by atoms with Crippen LogP contribution in [0.3, 0.4) is 0 Å². The number of benzene rings is 2. The maximum absolute atomic E-state index is 15.5. The minimum absolute atomic E-state index is 0.0712. The third-order valence-corrected chi connectivity index (χ3v) is 7.64. The highest BCUT2D eigenvalue weighted by Gasteiger charge is 2.33. The summed E-state index contributed by atoms with van der Waals surface area (Å²) in [5.74, 6) is 0.172. The molecule has 2 fully saturated rings. The lowest BCUT2D eigenvalue weighted by Crippen LogP contribution is -2.43. The molecule has 204 valence electrons. The predicted molar refractivity (Wildman–Crippen MR) is 151 cm³/mol. The number of hydrogen-bond donors (Lipinski definition) is 2. The highest BCUT2D eigenvalue weighted by Crippen LogP contribution is 2.47. The summed E-state index contributed by atoms with van der Waals surface area (Å²) in [6.45, 7) is 13.4. The standard InChI is InChI=1S/C30H34F2N6O/c1-17(2)38-18(3)19(4)39-29-25(32)13-21(14-27(29)38)28-23(20-5-6-20)16-34-30(36-28)35-22-7-8-26(24(31)15-22)37-11-9-33-10-12-37/h7-8,13-17,19-20,33H,3,5-6,9-12H2,1-2,4H3,(H,34,35,36). The van der Waals surface area contributed by atoms with Crippen molar-refractivity contribution in [3.8, 4) is 17.0 Å². The van der Waals surface area contributed by atoms with Crippen molar-refractivity contribution in [1.82, 2.24) is 15.3 Å². The van der Waals surface area contributed by atoms with Gasteiger partial charge in [-0.2, -0.15) is 0 Å². The second-order valence-corrected chi connectivity index (χ2v) is 10.8. The molecule has 1 atom stereocenters. The van der Waals surface area contributed by atoms with Crippen LogP contribution < -0.4 is 25.2 Å². The number of anilines is 4. The van der Waals surface area contributed by atoms with Crippen LogP contribution in [-0.2, 0) is 0 Å². The van der Waals surface area contributed by atoms with Gasteiger partial charge in [-0.15, -0.1) is 0 Å². The molecule has 3 aliphatic rings. The van der Waals surface area contributed by atoms with Crippen molar-refractivity contribution in [1.29, 1.82) is 0 Å². The van der Waals surface area contributed by atoms with Crippen LogP contribution in [0.1, 0.15) is 45.1 Å². The van der Waals surface area contributed by atoms with Crippen LogP contribution in [0.25, 0.3) is 11.3 Å². The van der Waals surface area contributed by atoms with Gasteiger partial charge in [-0.25, -0.2) is 18.7 Å². The topological polar surface area (TPSA) is 65.5 Å². The molecule has 2 aliphatic heterocycles. The van der Waals surface area contributed by atoms with Crippen molar-refractivity contribution in [2.75, 3.05) is 41.3 Å². The SMILES string of the molecule is C=C1C(C)Oc2c(F)cc(-c3nc(Nc4ccc(N5CCNCC5)c(F)c4)ncc3C3CC3)cc2N1C(C)C. The van der Waals surface area contributed by atoms with Gasteiger partial charge < -0.3 is 25.2 Å². The van der Waals surface area contributed by atoms with E-state index in [1.54, 1.807) is 6.07 Å². The lowest BCUT2D eigenvalue weighted by molar-refractivity contribution is 0.229. The fourth-order valence-electron chi connectivity index (χ4n) is 5.47. The lowest BCUT2D eigenvalue weighted by atomic mass is 10.0. The van der Waals surface area contributed by atoms with Crippen LogP contribution >= 0.6 is 0 Å². The van der Waals surface area contributed by atoms with Gasteiger partial charge in [0.05, 0.1) is 22.8 Å². The van der Waals surface area contributed by atoms with Gasteiger partial charge in [0.25, 0.3) is 0 Å². The van der Waals surface area contributed by atoms with Crippen molar-refractivity contribution in [3.63, 3.8) is 0 Å². The van der Waals surface area contributed by atoms with E-state index < -0.39 is 5.82 Å². The van der Waals surface area contributed by atoms with Crippen LogP contribution in [0, 0.1) is 11.6 Å². The summed E-state index contributed by atoms with van der Waals surface area (Å²) in [5, 5.41) is 6.44. The van der Waals surface area contributed by atoms with Crippen molar-refractivity contribution in [2.24, 2.45) is 0 Å². The Labute approximate surface area is 227 Å². The zero-order valence-electron chi connectivity index (χ0n) is 22.6. The molecule has 0 radical (unpaired) electrons. The van der Waals surface area contributed by atoms with Crippen LogP contribution in [0.4, 0.5) is 31.8 Å². The lowest BCUT2D eigenvalue weighted by Gasteiger charge is -2.39. The Kier molecular flexibility index (Phi) is 6.62. The van der Waals surface area contributed by atoms with Gasteiger partial charge >= 0.3 is 0 Å². The fraction of sp³-hybridized carbons (Fsp3) is 0.400. The molecule has 3 heterocycles. The normalized spacial score (nSPS) is 19.2. The molecule has 1 unspecified atom stereocenters. The number of fused-ring (bicyclic) bond motifs is 1. The van der Waals surface area contributed by atoms with Crippen molar-refractivity contribution >= 4 is 23.0 Å². The van der Waals surface area contributed by atoms with Gasteiger partial charge in [0.2, 0.25) is 5.95 Å². The summed E-state index contributed by atoms with van der Waals surface area (Å²) in [6.07, 6.45) is 3.58. The minimum atomic E-state index is -0.437. The zero-order chi connectivity index (χ0) is 27.3. The number of rotatable bonds is 6. The van der Waals surface area contributed by atoms with Crippen molar-refractivity contribution in [3.05, 3.63) is 66.0 Å². The van der Waals surface area contributed by atoms with Crippen molar-refractivity contribution < 1.29 is 13.5 Å². The summed E-state index contributed by atoms with van der Waals surface area (Å²) in [4.78, 5) is 13.4. The van der Waals surface area contributed by atoms with E-state index >= 15 is 8.78 Å². The first-order valence-corrected chi connectivity index (χ1v) is 13.7. The van der Waals surface area contributed by atoms with E-state index in [9.17, 15) is 0 Å². The Hall–Kier alpha value is -3.72. The summed E-state index contributed by atoms with van der Waals surface area (Å²) >= 11 is 0. The highest BCUT2D eigenvalue weighted by molar-refractivity contribution is 5.76. The summed E-state index contributed by atoms with van der Waals surface area (Å²) in [5.41, 5.74) is 4.87. The summed E-state index contributed by atoms with van der Waals surface area (Å²) < 4.78 is 36.4. The first-order chi connectivity index (χ1) is 18.8. The molecule has 1 saturated carbocycles. The van der Waals surface area contributed by atoms with Gasteiger partial charge in [0.15, 0.2) is 11.6 Å². The van der Waals surface area contributed by atoms with Gasteiger partial charge in [0.1, 0.15) is 11.9 Å². The zero-order valence-corrected chi connectivity index (χ0v) is 22.6. The summed E-state index contributed by atoms with van der Waals surface area (Å²) in [6, 6.07) is 8.57. The highest BCUT2D eigenvalue weighted by atomic mass is 19.1. The first kappa shape index (κ1) is 25.6. The fourth-order valence-corrected chi connectivity index (χ4v) is 5.47. The Balaban J connectivity index is 1.35. The van der Waals surface area contributed by atoms with Crippen LogP contribution in [0.5, 0.6) is 5.75 Å². The molecular formula is C30H34F2N6O. The van der Waals surface area contributed by atoms with E-state index in [1.165, 1.54) is 12.1 Å². The molecular weight excluding hydrogens is 498 g/mol. The van der Waals surface area contributed by atoms with Crippen LogP contribution in [0.15, 0.2) is 48.8 Å². The second-order valence-electron chi connectivity index (χ2n) is 10.8. The van der Waals surface area contributed by atoms with E-state index in [4.69, 9.17) is 9.72 Å². The molecule has 0 amide bonds. The van der Waals surface area contributed by atoms with E-state index in [-0.39, 0.29) is 23.7 Å². The number of nitrogens with zero attached hydrogens (tertiary/aromatic N) is 4. The van der Waals surface area contributed by atoms with Crippen LogP contribution in [-0.4, -0.2) is 48.3 Å². The van der Waals surface area contributed by atoms with E-state index in [0.717, 1.165) is 50.3 Å². The van der Waals surface area contributed by atoms with Crippen LogP contribution in [0.2, 0.25) is 0 Å². The van der Waals surface area contributed by atoms with E-state index in [0.29, 0.717) is 40.2 Å². The molecule has 1 saturated heterocycles. The van der Waals surface area contributed by atoms with Gasteiger partial charge in [-0.3, -0.25) is 0 Å². The Morgan fingerprint density at radius 3 is 2.54 bits per heavy atom. The van der Waals surface area contributed by atoms with Crippen molar-refractivity contribution in [2.45, 2.75) is 51.7 Å². The van der Waals surface area contributed by atoms with E-state index in [2.05, 4.69) is 22.2 Å². The predicted octanol–water partition coefficient (Wildman–Crippen LogP) is 5.96. The number of hydrogen-bond acceptors (Lipinski definition) is 7. The largest absolute Gasteiger partial charge is 0.479 e. The molecule has 1 aliphatic carbocycles. The molecule has 0 bridgehead atoms. The number of ether oxygens (including phenoxy) is 1. The monoisotopic (exact) mass is 532 g/mol. The molecule has 3 aromatic rings. The molecule has 2 aromatic carbocycles. The molecule has 1 aromatic heterocycles. The molecule has 39 heavy (non-hydrogen) atoms. The molecule has 6 rings (SSSR count). The Morgan fingerprint density at radius 1 is 1.08 bits per heavy atom. The number of aromatic nitrogens is 2. The third-order valence-electron chi connectivity index (χ3n) is 7.64. The second kappa shape index (κ2) is 10.1. The third kappa shape index (κ3) is 4.91. The molecule has 7 nitrogen and oxygen atoms in total. The maximum Gasteiger partial charge on any atom is 0.227 e. The minimum Gasteiger partial charge on any atom is -0.479 e. The number of halogens is 2. The molecule has 2 N–H and O–H groups in total. The Morgan fingerprint density at radius 2 is 1.85 bits per heavy atom. The van der Waals surface area contributed by atoms with Gasteiger partial charge in [-0.05, 0) is 69.9 Å². The van der Waals surface area contributed by atoms with Gasteiger partial charge in [0, 0.05) is 55.2 Å². The average molecular weight is 533 g/mol. The Bertz CT molecular complexity index is 1420. The number of nitrogens with one attached hydrogen (secondary N) is 2. The molecule has 0 spiro atoms. The smallest absolute Gasteiger partial charge is 0.227 e. The van der Waals surface area contributed by atoms with Gasteiger partial charge in [-0.1, -0.05) is 6.58 Å². The quantitative estimate of drug-likeness (QED) is 0.406. The molecule has 9 heteroatoms. The average Bonchev–Trinajstić information content (AvgIpc) is 3.76. The first-order valence-electron chi connectivity index (χ1n) is 13.7.